The van der Waals surface area contributed by atoms with Gasteiger partial charge in [-0.15, -0.1) is 0 Å². The first-order valence-corrected chi connectivity index (χ1v) is 9.03. The predicted octanol–water partition coefficient (Wildman–Crippen LogP) is 7.20. The van der Waals surface area contributed by atoms with Crippen molar-refractivity contribution < 1.29 is 31.1 Å². The highest BCUT2D eigenvalue weighted by Gasteiger charge is 2.43. The molecule has 0 spiro atoms. The number of halogens is 8. The normalized spacial score (nSPS) is 12.7. The first kappa shape index (κ1) is 21.5. The zero-order valence-corrected chi connectivity index (χ0v) is 16.2. The molecule has 1 heterocycles. The van der Waals surface area contributed by atoms with Crippen LogP contribution in [0.25, 0.3) is 11.3 Å². The lowest BCUT2D eigenvalue weighted by atomic mass is 10.1. The van der Waals surface area contributed by atoms with Gasteiger partial charge in [-0.1, -0.05) is 23.7 Å². The molecule has 2 nitrogen and oxygen atoms in total. The molecule has 11 heteroatoms. The summed E-state index contributed by atoms with van der Waals surface area (Å²) < 4.78 is 84.6. The third-order valence-electron chi connectivity index (χ3n) is 3.19. The summed E-state index contributed by atoms with van der Waals surface area (Å²) in [5, 5.41) is 0.303. The molecule has 0 amide bonds. The van der Waals surface area contributed by atoms with Crippen LogP contribution in [0, 0.1) is 0 Å². The second-order valence-corrected chi connectivity index (χ2v) is 7.25. The molecule has 0 unspecified atom stereocenters. The third-order valence-corrected chi connectivity index (χ3v) is 5.31. The van der Waals surface area contributed by atoms with Gasteiger partial charge in [0.15, 0.2) is 0 Å². The van der Waals surface area contributed by atoms with Crippen LogP contribution in [0.4, 0.5) is 26.3 Å². The maximum atomic E-state index is 13.5. The Kier molecular flexibility index (Phi) is 6.63. The van der Waals surface area contributed by atoms with E-state index in [4.69, 9.17) is 16.3 Å². The Morgan fingerprint density at radius 1 is 1.12 bits per heavy atom. The van der Waals surface area contributed by atoms with Gasteiger partial charge in [0.25, 0.3) is 0 Å². The van der Waals surface area contributed by atoms with Crippen molar-refractivity contribution in [1.82, 2.24) is 4.57 Å². The predicted molar refractivity (Wildman–Crippen MR) is 91.1 cm³/mol. The first-order valence-electron chi connectivity index (χ1n) is 7.04. The number of ether oxygens (including phenoxy) is 1. The lowest BCUT2D eigenvalue weighted by Crippen LogP contribution is -2.16. The van der Waals surface area contributed by atoms with Gasteiger partial charge in [0.1, 0.15) is 12.4 Å². The second kappa shape index (κ2) is 8.04. The Bertz CT molecular complexity index is 772. The zero-order valence-electron chi connectivity index (χ0n) is 13.0. The Balaban J connectivity index is 2.80. The highest BCUT2D eigenvalue weighted by molar-refractivity contribution is 9.10. The van der Waals surface area contributed by atoms with Crippen LogP contribution in [0.1, 0.15) is 12.6 Å². The number of rotatable bonds is 5. The summed E-state index contributed by atoms with van der Waals surface area (Å²) in [7, 11) is 0. The Morgan fingerprint density at radius 3 is 2.15 bits per heavy atom. The van der Waals surface area contributed by atoms with Crippen molar-refractivity contribution in [2.45, 2.75) is 30.2 Å². The molecule has 1 aromatic carbocycles. The smallest absolute Gasteiger partial charge is 0.361 e. The Labute approximate surface area is 162 Å². The monoisotopic (exact) mass is 481 g/mol. The van der Waals surface area contributed by atoms with Gasteiger partial charge in [0.05, 0.1) is 15.1 Å². The van der Waals surface area contributed by atoms with E-state index in [2.05, 4.69) is 15.9 Å². The van der Waals surface area contributed by atoms with E-state index in [1.807, 2.05) is 0 Å². The molecule has 0 aliphatic rings. The molecule has 0 fully saturated rings. The van der Waals surface area contributed by atoms with E-state index in [-0.39, 0.29) is 17.9 Å². The fraction of sp³-hybridized carbons (Fsp3) is 0.333. The lowest BCUT2D eigenvalue weighted by Gasteiger charge is -2.16. The first-order chi connectivity index (χ1) is 12.0. The molecule has 0 aliphatic carbocycles. The molecule has 0 radical (unpaired) electrons. The quantitative estimate of drug-likeness (QED) is 0.331. The molecular formula is C15H11BrClF6NOS. The Morgan fingerprint density at radius 2 is 1.69 bits per heavy atom. The minimum absolute atomic E-state index is 0.0922. The van der Waals surface area contributed by atoms with Crippen molar-refractivity contribution in [3.63, 3.8) is 0 Å². The van der Waals surface area contributed by atoms with Gasteiger partial charge < -0.3 is 9.30 Å². The number of alkyl halides is 6. The van der Waals surface area contributed by atoms with Gasteiger partial charge in [-0.05, 0) is 52.3 Å². The van der Waals surface area contributed by atoms with Gasteiger partial charge in [-0.25, -0.2) is 0 Å². The Hall–Kier alpha value is -0.840. The molecule has 0 saturated heterocycles. The second-order valence-electron chi connectivity index (χ2n) is 4.94. The molecule has 0 bridgehead atoms. The molecule has 0 aliphatic heterocycles. The number of aromatic nitrogens is 1. The fourth-order valence-electron chi connectivity index (χ4n) is 2.26. The van der Waals surface area contributed by atoms with Crippen LogP contribution in [-0.4, -0.2) is 16.7 Å². The number of benzene rings is 1. The van der Waals surface area contributed by atoms with Crippen LogP contribution in [0.15, 0.2) is 33.6 Å². The average molecular weight is 483 g/mol. The van der Waals surface area contributed by atoms with Crippen molar-refractivity contribution in [3.05, 3.63) is 39.5 Å². The summed E-state index contributed by atoms with van der Waals surface area (Å²) in [4.78, 5) is -0.591. The van der Waals surface area contributed by atoms with Crippen molar-refractivity contribution in [2.24, 2.45) is 0 Å². The van der Waals surface area contributed by atoms with Gasteiger partial charge >= 0.3 is 11.7 Å². The van der Waals surface area contributed by atoms with E-state index in [9.17, 15) is 26.3 Å². The summed E-state index contributed by atoms with van der Waals surface area (Å²) >= 11 is 7.86. The van der Waals surface area contributed by atoms with E-state index in [1.165, 1.54) is 24.3 Å². The highest BCUT2D eigenvalue weighted by atomic mass is 79.9. The van der Waals surface area contributed by atoms with Gasteiger partial charge in [0.2, 0.25) is 0 Å². The summed E-state index contributed by atoms with van der Waals surface area (Å²) in [5.41, 5.74) is -6.12. The minimum atomic E-state index is -4.89. The molecule has 0 atom stereocenters. The van der Waals surface area contributed by atoms with Crippen LogP contribution in [0.5, 0.6) is 0 Å². The van der Waals surface area contributed by atoms with Crippen LogP contribution < -0.4 is 0 Å². The van der Waals surface area contributed by atoms with Crippen LogP contribution in [-0.2, 0) is 17.6 Å². The maximum Gasteiger partial charge on any atom is 0.446 e. The molecule has 2 rings (SSSR count). The maximum absolute atomic E-state index is 13.5. The van der Waals surface area contributed by atoms with Crippen LogP contribution in [0.2, 0.25) is 5.02 Å². The number of hydrogen-bond acceptors (Lipinski definition) is 2. The van der Waals surface area contributed by atoms with Crippen molar-refractivity contribution in [2.75, 3.05) is 6.61 Å². The van der Waals surface area contributed by atoms with Gasteiger partial charge in [-0.2, -0.15) is 26.3 Å². The highest BCUT2D eigenvalue weighted by Crippen LogP contribution is 2.51. The SMILES string of the molecule is CCOCn1c(-c2ccc(Cl)cc2)c(SC(F)(F)F)c(Br)c1C(F)(F)F. The van der Waals surface area contributed by atoms with Crippen LogP contribution in [0.3, 0.4) is 0 Å². The summed E-state index contributed by atoms with van der Waals surface area (Å²) in [6, 6.07) is 5.48. The van der Waals surface area contributed by atoms with Gasteiger partial charge in [-0.3, -0.25) is 0 Å². The van der Waals surface area contributed by atoms with Crippen molar-refractivity contribution in [1.29, 1.82) is 0 Å². The summed E-state index contributed by atoms with van der Waals surface area (Å²) in [5.74, 6) is 0. The van der Waals surface area contributed by atoms with E-state index in [0.29, 0.717) is 9.59 Å². The van der Waals surface area contributed by atoms with Crippen LogP contribution >= 0.6 is 39.3 Å². The van der Waals surface area contributed by atoms with Crippen molar-refractivity contribution in [3.8, 4) is 11.3 Å². The molecular weight excluding hydrogens is 472 g/mol. The largest absolute Gasteiger partial charge is 0.446 e. The van der Waals surface area contributed by atoms with Crippen molar-refractivity contribution >= 4 is 39.3 Å². The third kappa shape index (κ3) is 4.90. The molecule has 2 aromatic rings. The molecule has 0 saturated carbocycles. The molecule has 144 valence electrons. The number of nitrogens with zero attached hydrogens (tertiary/aromatic N) is 1. The number of thioether (sulfide) groups is 1. The number of hydrogen-bond donors (Lipinski definition) is 0. The summed E-state index contributed by atoms with van der Waals surface area (Å²) in [6.07, 6.45) is -4.89. The van der Waals surface area contributed by atoms with E-state index < -0.39 is 45.2 Å². The minimum Gasteiger partial charge on any atom is -0.361 e. The van der Waals surface area contributed by atoms with E-state index >= 15 is 0 Å². The topological polar surface area (TPSA) is 14.2 Å². The standard InChI is InChI=1S/C15H11BrClF6NOS/c1-2-25-7-24-11(8-3-5-9(17)6-4-8)12(26-15(21,22)23)10(16)13(24)14(18,19)20/h3-6H,2,7H2,1H3. The lowest BCUT2D eigenvalue weighted by molar-refractivity contribution is -0.146. The van der Waals surface area contributed by atoms with E-state index in [0.717, 1.165) is 0 Å². The average Bonchev–Trinajstić information content (AvgIpc) is 2.76. The van der Waals surface area contributed by atoms with Gasteiger partial charge in [0, 0.05) is 11.6 Å². The molecule has 26 heavy (non-hydrogen) atoms. The fourth-order valence-corrected chi connectivity index (χ4v) is 3.99. The molecule has 1 aromatic heterocycles. The zero-order chi connectivity index (χ0) is 19.7. The van der Waals surface area contributed by atoms with E-state index in [1.54, 1.807) is 6.92 Å². The molecule has 0 N–H and O–H groups in total. The summed E-state index contributed by atoms with van der Waals surface area (Å²) in [6.45, 7) is 1.11.